The van der Waals surface area contributed by atoms with Gasteiger partial charge in [0.25, 0.3) is 0 Å². The Balaban J connectivity index is 2.72. The van der Waals surface area contributed by atoms with Gasteiger partial charge < -0.3 is 4.42 Å². The van der Waals surface area contributed by atoms with Gasteiger partial charge in [-0.3, -0.25) is 0 Å². The third-order valence-corrected chi connectivity index (χ3v) is 2.30. The third-order valence-electron chi connectivity index (χ3n) is 2.02. The van der Waals surface area contributed by atoms with Gasteiger partial charge in [0.1, 0.15) is 5.76 Å². The van der Waals surface area contributed by atoms with Gasteiger partial charge in [-0.05, 0) is 25.1 Å². The van der Waals surface area contributed by atoms with Crippen LogP contribution in [0, 0.1) is 6.92 Å². The largest absolute Gasteiger partial charge is 0.460 e. The lowest BCUT2D eigenvalue weighted by Crippen LogP contribution is -2.04. The molecule has 0 spiro atoms. The van der Waals surface area contributed by atoms with Crippen molar-refractivity contribution in [3.8, 4) is 0 Å². The van der Waals surface area contributed by atoms with Crippen LogP contribution in [0.25, 0.3) is 11.0 Å². The number of benzene rings is 1. The van der Waals surface area contributed by atoms with Crippen molar-refractivity contribution in [3.63, 3.8) is 0 Å². The molecule has 0 radical (unpaired) electrons. The lowest BCUT2D eigenvalue weighted by molar-refractivity contribution is -0.137. The Morgan fingerprint density at radius 1 is 1.20 bits per heavy atom. The first-order valence-corrected chi connectivity index (χ1v) is 4.52. The van der Waals surface area contributed by atoms with E-state index in [4.69, 9.17) is 16.0 Å². The highest BCUT2D eigenvalue weighted by molar-refractivity contribution is 6.34. The Bertz CT molecular complexity index is 513. The van der Waals surface area contributed by atoms with E-state index in [0.29, 0.717) is 16.7 Å². The fraction of sp³-hybridized carbons (Fsp3) is 0.200. The minimum Gasteiger partial charge on any atom is -0.460 e. The highest BCUT2D eigenvalue weighted by Crippen LogP contribution is 2.36. The zero-order valence-corrected chi connectivity index (χ0v) is 8.41. The molecule has 0 bridgehead atoms. The molecule has 1 nitrogen and oxygen atoms in total. The second kappa shape index (κ2) is 3.17. The molecule has 0 aliphatic rings. The molecule has 0 atom stereocenters. The Morgan fingerprint density at radius 3 is 2.47 bits per heavy atom. The van der Waals surface area contributed by atoms with Crippen molar-refractivity contribution in [2.75, 3.05) is 0 Å². The van der Waals surface area contributed by atoms with Gasteiger partial charge in [-0.2, -0.15) is 13.2 Å². The molecule has 2 aromatic rings. The molecular weight excluding hydrogens is 229 g/mol. The summed E-state index contributed by atoms with van der Waals surface area (Å²) in [5.74, 6) is 0.534. The number of fused-ring (bicyclic) bond motifs is 1. The average molecular weight is 235 g/mol. The van der Waals surface area contributed by atoms with E-state index in [2.05, 4.69) is 0 Å². The summed E-state index contributed by atoms with van der Waals surface area (Å²) in [5.41, 5.74) is -0.469. The first kappa shape index (κ1) is 10.4. The van der Waals surface area contributed by atoms with Crippen molar-refractivity contribution in [2.45, 2.75) is 13.1 Å². The van der Waals surface area contributed by atoms with Crippen LogP contribution in [0.1, 0.15) is 11.3 Å². The molecule has 15 heavy (non-hydrogen) atoms. The molecule has 1 aromatic heterocycles. The van der Waals surface area contributed by atoms with Crippen LogP contribution in [0.2, 0.25) is 5.02 Å². The van der Waals surface area contributed by atoms with Gasteiger partial charge in [-0.1, -0.05) is 11.6 Å². The first-order valence-electron chi connectivity index (χ1n) is 4.15. The van der Waals surface area contributed by atoms with E-state index < -0.39 is 11.7 Å². The summed E-state index contributed by atoms with van der Waals surface area (Å²) in [5, 5.41) is 0.347. The summed E-state index contributed by atoms with van der Waals surface area (Å²) in [7, 11) is 0. The van der Waals surface area contributed by atoms with Crippen molar-refractivity contribution >= 4 is 22.6 Å². The quantitative estimate of drug-likeness (QED) is 0.658. The highest BCUT2D eigenvalue weighted by Gasteiger charge is 2.31. The molecule has 1 heterocycles. The SMILES string of the molecule is Cc1cc2cc(C(F)(F)F)cc(Cl)c2o1. The van der Waals surface area contributed by atoms with Gasteiger partial charge in [-0.25, -0.2) is 0 Å². The van der Waals surface area contributed by atoms with E-state index in [-0.39, 0.29) is 5.02 Å². The van der Waals surface area contributed by atoms with E-state index >= 15 is 0 Å². The predicted octanol–water partition coefficient (Wildman–Crippen LogP) is 4.41. The van der Waals surface area contributed by atoms with Crippen LogP contribution in [0.5, 0.6) is 0 Å². The summed E-state index contributed by atoms with van der Waals surface area (Å²) >= 11 is 5.69. The van der Waals surface area contributed by atoms with Crippen LogP contribution in [-0.4, -0.2) is 0 Å². The maximum absolute atomic E-state index is 12.4. The molecular formula is C10H6ClF3O. The summed E-state index contributed by atoms with van der Waals surface area (Å²) in [6.45, 7) is 1.66. The van der Waals surface area contributed by atoms with Crippen LogP contribution in [-0.2, 0) is 6.18 Å². The molecule has 0 aliphatic carbocycles. The Morgan fingerprint density at radius 2 is 1.87 bits per heavy atom. The van der Waals surface area contributed by atoms with Crippen molar-refractivity contribution < 1.29 is 17.6 Å². The van der Waals surface area contributed by atoms with Crippen LogP contribution in [0.3, 0.4) is 0 Å². The minimum absolute atomic E-state index is 0.0204. The molecule has 2 rings (SSSR count). The van der Waals surface area contributed by atoms with E-state index in [0.717, 1.165) is 12.1 Å². The topological polar surface area (TPSA) is 13.1 Å². The fourth-order valence-electron chi connectivity index (χ4n) is 1.40. The zero-order valence-electron chi connectivity index (χ0n) is 7.65. The van der Waals surface area contributed by atoms with E-state index in [9.17, 15) is 13.2 Å². The van der Waals surface area contributed by atoms with E-state index in [1.54, 1.807) is 6.92 Å². The number of halogens is 4. The van der Waals surface area contributed by atoms with E-state index in [1.807, 2.05) is 0 Å². The summed E-state index contributed by atoms with van der Waals surface area (Å²) in [6, 6.07) is 3.42. The molecule has 0 N–H and O–H groups in total. The van der Waals surface area contributed by atoms with Gasteiger partial charge in [0, 0.05) is 5.39 Å². The van der Waals surface area contributed by atoms with Crippen LogP contribution in [0.15, 0.2) is 22.6 Å². The lowest BCUT2D eigenvalue weighted by Gasteiger charge is -2.06. The zero-order chi connectivity index (χ0) is 11.2. The monoisotopic (exact) mass is 234 g/mol. The summed E-state index contributed by atoms with van der Waals surface area (Å²) in [6.07, 6.45) is -4.39. The smallest absolute Gasteiger partial charge is 0.416 e. The second-order valence-electron chi connectivity index (χ2n) is 3.23. The van der Waals surface area contributed by atoms with Gasteiger partial charge in [0.05, 0.1) is 10.6 Å². The second-order valence-corrected chi connectivity index (χ2v) is 3.64. The molecule has 5 heteroatoms. The van der Waals surface area contributed by atoms with Gasteiger partial charge in [0.2, 0.25) is 0 Å². The maximum Gasteiger partial charge on any atom is 0.416 e. The van der Waals surface area contributed by atoms with E-state index in [1.165, 1.54) is 6.07 Å². The highest BCUT2D eigenvalue weighted by atomic mass is 35.5. The van der Waals surface area contributed by atoms with Crippen molar-refractivity contribution in [2.24, 2.45) is 0 Å². The third kappa shape index (κ3) is 1.81. The Kier molecular flexibility index (Phi) is 2.19. The molecule has 1 aromatic carbocycles. The van der Waals surface area contributed by atoms with Crippen LogP contribution < -0.4 is 0 Å². The number of furan rings is 1. The normalized spacial score (nSPS) is 12.3. The average Bonchev–Trinajstić information content (AvgIpc) is 2.44. The molecule has 80 valence electrons. The lowest BCUT2D eigenvalue weighted by atomic mass is 10.1. The van der Waals surface area contributed by atoms with Gasteiger partial charge in [0.15, 0.2) is 5.58 Å². The molecule has 0 saturated heterocycles. The van der Waals surface area contributed by atoms with Gasteiger partial charge >= 0.3 is 6.18 Å². The molecule has 0 amide bonds. The standard InChI is InChI=1S/C10H6ClF3O/c1-5-2-6-3-7(10(12,13)14)4-8(11)9(6)15-5/h2-4H,1H3. The van der Waals surface area contributed by atoms with Crippen LogP contribution >= 0.6 is 11.6 Å². The van der Waals surface area contributed by atoms with Crippen LogP contribution in [0.4, 0.5) is 13.2 Å². The molecule has 0 fully saturated rings. The minimum atomic E-state index is -4.39. The van der Waals surface area contributed by atoms with Crippen molar-refractivity contribution in [1.82, 2.24) is 0 Å². The number of hydrogen-bond acceptors (Lipinski definition) is 1. The molecule has 0 unspecified atom stereocenters. The number of aryl methyl sites for hydroxylation is 1. The van der Waals surface area contributed by atoms with Crippen molar-refractivity contribution in [3.05, 3.63) is 34.5 Å². The molecule has 0 saturated carbocycles. The maximum atomic E-state index is 12.4. The predicted molar refractivity (Wildman–Crippen MR) is 51.0 cm³/mol. The van der Waals surface area contributed by atoms with Crippen molar-refractivity contribution in [1.29, 1.82) is 0 Å². The summed E-state index contributed by atoms with van der Waals surface area (Å²) < 4.78 is 42.4. The number of hydrogen-bond donors (Lipinski definition) is 0. The van der Waals surface area contributed by atoms with Gasteiger partial charge in [-0.15, -0.1) is 0 Å². The Labute approximate surface area is 88.4 Å². The molecule has 0 aliphatic heterocycles. The number of rotatable bonds is 0. The fourth-order valence-corrected chi connectivity index (χ4v) is 1.67. The summed E-state index contributed by atoms with van der Waals surface area (Å²) in [4.78, 5) is 0. The first-order chi connectivity index (χ1) is 6.88. The Hall–Kier alpha value is -1.16. The number of alkyl halides is 3.